The Balaban J connectivity index is 0.000000568. The van der Waals surface area contributed by atoms with Gasteiger partial charge >= 0.3 is 5.97 Å². The summed E-state index contributed by atoms with van der Waals surface area (Å²) in [5.74, 6) is 2.00. The van der Waals surface area contributed by atoms with Crippen LogP contribution in [0, 0.1) is 6.92 Å². The van der Waals surface area contributed by atoms with E-state index in [-0.39, 0.29) is 13.0 Å². The molecule has 9 nitrogen and oxygen atoms in total. The molecule has 0 bridgehead atoms. The normalized spacial score (nSPS) is 12.0. The summed E-state index contributed by atoms with van der Waals surface area (Å²) in [6, 6.07) is 9.90. The van der Waals surface area contributed by atoms with Crippen LogP contribution >= 0.6 is 0 Å². The lowest BCUT2D eigenvalue weighted by atomic mass is 9.98. The molecule has 4 N–H and O–H groups in total. The Hall–Kier alpha value is -4.08. The summed E-state index contributed by atoms with van der Waals surface area (Å²) in [6.45, 7) is 3.31. The van der Waals surface area contributed by atoms with Gasteiger partial charge in [-0.3, -0.25) is 9.78 Å². The fourth-order valence-electron chi connectivity index (χ4n) is 3.79. The topological polar surface area (TPSA) is 133 Å². The summed E-state index contributed by atoms with van der Waals surface area (Å²) >= 11 is 0. The first-order valence-electron chi connectivity index (χ1n) is 11.7. The van der Waals surface area contributed by atoms with Crippen LogP contribution < -0.4 is 24.7 Å². The molecular weight excluding hydrogens is 476 g/mol. The van der Waals surface area contributed by atoms with Gasteiger partial charge < -0.3 is 34.9 Å². The van der Waals surface area contributed by atoms with E-state index in [2.05, 4.69) is 11.9 Å². The first-order chi connectivity index (χ1) is 17.9. The summed E-state index contributed by atoms with van der Waals surface area (Å²) in [4.78, 5) is 13.9. The number of pyridine rings is 1. The van der Waals surface area contributed by atoms with E-state index in [0.29, 0.717) is 31.3 Å². The first kappa shape index (κ1) is 27.5. The molecule has 1 aromatic heterocycles. The van der Waals surface area contributed by atoms with Crippen molar-refractivity contribution < 1.29 is 34.0 Å². The number of carbonyl (C=O) groups is 1. The number of carboxylic acid groups (broad SMARTS) is 1. The number of carboxylic acids is 1. The Kier molecular flexibility index (Phi) is 9.88. The fraction of sp³-hybridized carbons (Fsp3) is 0.286. The Labute approximate surface area is 216 Å². The number of nitrogens with zero attached hydrogens (tertiary/aromatic N) is 1. The van der Waals surface area contributed by atoms with E-state index in [9.17, 15) is 4.79 Å². The predicted molar refractivity (Wildman–Crippen MR) is 141 cm³/mol. The molecule has 37 heavy (non-hydrogen) atoms. The number of benzene rings is 2. The molecule has 0 aliphatic carbocycles. The third-order valence-corrected chi connectivity index (χ3v) is 5.72. The number of aliphatic carboxylic acids is 1. The Bertz CT molecular complexity index is 1230. The van der Waals surface area contributed by atoms with Crippen LogP contribution in [0.3, 0.4) is 0 Å². The maximum Gasteiger partial charge on any atom is 0.305 e. The summed E-state index contributed by atoms with van der Waals surface area (Å²) in [5.41, 5.74) is 11.9. The third kappa shape index (κ3) is 6.99. The van der Waals surface area contributed by atoms with Crippen molar-refractivity contribution in [3.63, 3.8) is 0 Å². The van der Waals surface area contributed by atoms with Crippen molar-refractivity contribution in [1.82, 2.24) is 4.98 Å². The summed E-state index contributed by atoms with van der Waals surface area (Å²) in [5, 5.41) is 15.6. The maximum atomic E-state index is 9.44. The van der Waals surface area contributed by atoms with Crippen LogP contribution in [-0.2, 0) is 11.3 Å². The van der Waals surface area contributed by atoms with Gasteiger partial charge in [-0.05, 0) is 53.4 Å². The summed E-state index contributed by atoms with van der Waals surface area (Å²) < 4.78 is 22.3. The van der Waals surface area contributed by atoms with Crippen molar-refractivity contribution in [3.8, 4) is 34.1 Å². The van der Waals surface area contributed by atoms with Gasteiger partial charge in [0.2, 0.25) is 0 Å². The second-order valence-electron chi connectivity index (χ2n) is 8.07. The molecule has 4 rings (SSSR count). The molecule has 3 aromatic rings. The molecule has 0 atom stereocenters. The van der Waals surface area contributed by atoms with Crippen molar-refractivity contribution in [2.24, 2.45) is 5.73 Å². The van der Waals surface area contributed by atoms with E-state index in [0.717, 1.165) is 44.9 Å². The predicted octanol–water partition coefficient (Wildman–Crippen LogP) is 3.93. The van der Waals surface area contributed by atoms with Crippen LogP contribution in [0.15, 0.2) is 42.7 Å². The van der Waals surface area contributed by atoms with Gasteiger partial charge in [-0.25, -0.2) is 0 Å². The molecule has 0 unspecified atom stereocenters. The zero-order chi connectivity index (χ0) is 26.8. The van der Waals surface area contributed by atoms with Gasteiger partial charge in [-0.15, -0.1) is 0 Å². The summed E-state index contributed by atoms with van der Waals surface area (Å²) in [6.07, 6.45) is 7.64. The number of ether oxygens (including phenoxy) is 4. The van der Waals surface area contributed by atoms with Gasteiger partial charge in [-0.1, -0.05) is 18.2 Å². The highest BCUT2D eigenvalue weighted by Crippen LogP contribution is 2.36. The fourth-order valence-corrected chi connectivity index (χ4v) is 3.79. The van der Waals surface area contributed by atoms with E-state index in [1.807, 2.05) is 54.9 Å². The van der Waals surface area contributed by atoms with Crippen molar-refractivity contribution in [2.75, 3.05) is 34.0 Å². The second-order valence-corrected chi connectivity index (χ2v) is 8.07. The molecule has 196 valence electrons. The molecule has 0 saturated heterocycles. The van der Waals surface area contributed by atoms with Gasteiger partial charge in [-0.2, -0.15) is 0 Å². The van der Waals surface area contributed by atoms with Gasteiger partial charge in [0, 0.05) is 30.1 Å². The first-order valence-corrected chi connectivity index (χ1v) is 11.7. The van der Waals surface area contributed by atoms with Crippen LogP contribution in [-0.4, -0.2) is 55.2 Å². The maximum absolute atomic E-state index is 9.44. The number of hydrogen-bond donors (Lipinski definition) is 3. The minimum absolute atomic E-state index is 0.153. The highest BCUT2D eigenvalue weighted by atomic mass is 16.6. The average Bonchev–Trinajstić information content (AvgIpc) is 2.91. The standard InChI is InChI=1S/C25H26N2O4.C3H6O3/c1-16-19(5-4-17-10-23(28-2)20(13-26)24(11-17)29-3)14-27-15-21(16)18-6-7-22-25(12-18)31-9-8-30-22;4-2-1-3(5)6/h4-7,10-12,14-15H,8-9,13,26H2,1-3H3;4H,1-2H2,(H,5,6)/b5-4+;. The number of fused-ring (bicyclic) bond motifs is 1. The number of aromatic nitrogens is 1. The molecule has 0 fully saturated rings. The highest BCUT2D eigenvalue weighted by Gasteiger charge is 2.14. The molecule has 2 aromatic carbocycles. The number of methoxy groups -OCH3 is 2. The average molecular weight is 509 g/mol. The van der Waals surface area contributed by atoms with Crippen LogP contribution in [0.1, 0.15) is 28.7 Å². The second kappa shape index (κ2) is 13.3. The molecule has 0 radical (unpaired) electrons. The van der Waals surface area contributed by atoms with Crippen LogP contribution in [0.25, 0.3) is 23.3 Å². The highest BCUT2D eigenvalue weighted by molar-refractivity contribution is 5.78. The van der Waals surface area contributed by atoms with Gasteiger partial charge in [0.25, 0.3) is 0 Å². The van der Waals surface area contributed by atoms with E-state index in [1.165, 1.54) is 0 Å². The van der Waals surface area contributed by atoms with E-state index in [1.54, 1.807) is 14.2 Å². The SMILES string of the molecule is COc1cc(/C=C/c2cncc(-c3ccc4c(c3)OCCO4)c2C)cc(OC)c1CN.O=C(O)CCO. The van der Waals surface area contributed by atoms with Crippen LogP contribution in [0.4, 0.5) is 0 Å². The van der Waals surface area contributed by atoms with Crippen molar-refractivity contribution in [2.45, 2.75) is 19.9 Å². The quantitative estimate of drug-likeness (QED) is 0.414. The minimum Gasteiger partial charge on any atom is -0.496 e. The van der Waals surface area contributed by atoms with Gasteiger partial charge in [0.05, 0.1) is 27.2 Å². The zero-order valence-electron chi connectivity index (χ0n) is 21.2. The van der Waals surface area contributed by atoms with Crippen molar-refractivity contribution >= 4 is 18.1 Å². The molecule has 1 aliphatic heterocycles. The number of rotatable bonds is 8. The largest absolute Gasteiger partial charge is 0.496 e. The van der Waals surface area contributed by atoms with Crippen LogP contribution in [0.5, 0.6) is 23.0 Å². The monoisotopic (exact) mass is 508 g/mol. The smallest absolute Gasteiger partial charge is 0.305 e. The lowest BCUT2D eigenvalue weighted by Gasteiger charge is -2.19. The Morgan fingerprint density at radius 3 is 2.30 bits per heavy atom. The molecule has 0 spiro atoms. The lowest BCUT2D eigenvalue weighted by Crippen LogP contribution is -2.15. The molecule has 0 amide bonds. The zero-order valence-corrected chi connectivity index (χ0v) is 21.2. The third-order valence-electron chi connectivity index (χ3n) is 5.72. The Morgan fingerprint density at radius 1 is 1.05 bits per heavy atom. The number of aliphatic hydroxyl groups is 1. The molecule has 1 aliphatic rings. The van der Waals surface area contributed by atoms with E-state index < -0.39 is 5.97 Å². The van der Waals surface area contributed by atoms with Crippen molar-refractivity contribution in [1.29, 1.82) is 0 Å². The molecule has 2 heterocycles. The summed E-state index contributed by atoms with van der Waals surface area (Å²) in [7, 11) is 3.26. The van der Waals surface area contributed by atoms with E-state index >= 15 is 0 Å². The minimum atomic E-state index is -0.961. The number of aliphatic hydroxyl groups excluding tert-OH is 1. The van der Waals surface area contributed by atoms with E-state index in [4.69, 9.17) is 34.9 Å². The molecular formula is C28H32N2O7. The molecule has 0 saturated carbocycles. The number of nitrogens with two attached hydrogens (primary N) is 1. The van der Waals surface area contributed by atoms with Gasteiger partial charge in [0.1, 0.15) is 24.7 Å². The van der Waals surface area contributed by atoms with Crippen LogP contribution in [0.2, 0.25) is 0 Å². The molecule has 9 heteroatoms. The Morgan fingerprint density at radius 2 is 1.73 bits per heavy atom. The lowest BCUT2D eigenvalue weighted by molar-refractivity contribution is -0.137. The van der Waals surface area contributed by atoms with Crippen molar-refractivity contribution in [3.05, 3.63) is 65.0 Å². The van der Waals surface area contributed by atoms with Gasteiger partial charge in [0.15, 0.2) is 11.5 Å². The number of hydrogen-bond acceptors (Lipinski definition) is 8.